The molecule has 1 amide bonds. The topological polar surface area (TPSA) is 89.0 Å². The molecule has 158 valence electrons. The molecule has 0 aliphatic carbocycles. The van der Waals surface area contributed by atoms with Crippen LogP contribution in [0, 0.1) is 0 Å². The molecule has 0 saturated carbocycles. The van der Waals surface area contributed by atoms with Crippen LogP contribution in [0.5, 0.6) is 0 Å². The summed E-state index contributed by atoms with van der Waals surface area (Å²) in [6, 6.07) is 10.0. The van der Waals surface area contributed by atoms with E-state index < -0.39 is 6.09 Å². The average molecular weight is 444 g/mol. The highest BCUT2D eigenvalue weighted by Gasteiger charge is 2.14. The summed E-state index contributed by atoms with van der Waals surface area (Å²) >= 11 is 3.05. The van der Waals surface area contributed by atoms with Crippen molar-refractivity contribution in [2.75, 3.05) is 18.1 Å². The van der Waals surface area contributed by atoms with Crippen LogP contribution in [0.15, 0.2) is 41.7 Å². The van der Waals surface area contributed by atoms with Crippen LogP contribution in [-0.2, 0) is 11.3 Å². The second-order valence-electron chi connectivity index (χ2n) is 6.72. The van der Waals surface area contributed by atoms with Crippen molar-refractivity contribution in [1.29, 1.82) is 0 Å². The predicted octanol–water partition coefficient (Wildman–Crippen LogP) is 5.06. The molecule has 0 aliphatic heterocycles. The highest BCUT2D eigenvalue weighted by Crippen LogP contribution is 2.32. The van der Waals surface area contributed by atoms with Gasteiger partial charge in [0, 0.05) is 24.3 Å². The molecule has 1 aromatic carbocycles. The number of thioether (sulfide) groups is 1. The summed E-state index contributed by atoms with van der Waals surface area (Å²) in [5.74, 6) is 0. The molecule has 3 aromatic rings. The van der Waals surface area contributed by atoms with Gasteiger partial charge in [0.1, 0.15) is 6.61 Å². The Balaban J connectivity index is 1.94. The molecule has 2 N–H and O–H groups in total. The molecule has 0 spiro atoms. The minimum absolute atomic E-state index is 0.166. The number of hydrogen-bond acceptors (Lipinski definition) is 8. The van der Waals surface area contributed by atoms with E-state index in [1.807, 2.05) is 49.7 Å². The van der Waals surface area contributed by atoms with Crippen molar-refractivity contribution in [3.8, 4) is 21.8 Å². The molecule has 0 saturated heterocycles. The molecule has 30 heavy (non-hydrogen) atoms. The van der Waals surface area contributed by atoms with Crippen molar-refractivity contribution in [1.82, 2.24) is 20.3 Å². The van der Waals surface area contributed by atoms with E-state index in [1.165, 1.54) is 11.8 Å². The van der Waals surface area contributed by atoms with Gasteiger partial charge in [0.2, 0.25) is 0 Å². The van der Waals surface area contributed by atoms with E-state index in [0.717, 1.165) is 32.5 Å². The zero-order valence-corrected chi connectivity index (χ0v) is 19.1. The number of nitrogens with one attached hydrogen (secondary N) is 2. The van der Waals surface area contributed by atoms with Crippen LogP contribution in [0.2, 0.25) is 0 Å². The molecule has 7 nitrogen and oxygen atoms in total. The van der Waals surface area contributed by atoms with E-state index in [4.69, 9.17) is 9.72 Å². The van der Waals surface area contributed by atoms with Gasteiger partial charge in [-0.2, -0.15) is 0 Å². The van der Waals surface area contributed by atoms with Crippen LogP contribution in [0.25, 0.3) is 21.8 Å². The van der Waals surface area contributed by atoms with Gasteiger partial charge in [-0.15, -0.1) is 0 Å². The van der Waals surface area contributed by atoms with Crippen LogP contribution in [0.1, 0.15) is 26.3 Å². The van der Waals surface area contributed by atoms with Gasteiger partial charge >= 0.3 is 6.09 Å². The molecule has 0 fully saturated rings. The standard InChI is InChI=1S/C21H25N5O2S2/c1-5-22-21(27)28-12-14-8-6-7-9-15(14)16-10-17(26-20(25-16)29-4)18-11-23-19(30-18)24-13(2)3/h6-11,13H,5,12H2,1-4H3,(H,22,27)(H,23,24). The number of carbonyl (C=O) groups is 1. The van der Waals surface area contributed by atoms with Crippen molar-refractivity contribution in [2.24, 2.45) is 0 Å². The molecule has 0 unspecified atom stereocenters. The van der Waals surface area contributed by atoms with E-state index in [0.29, 0.717) is 17.7 Å². The first kappa shape index (κ1) is 22.0. The summed E-state index contributed by atoms with van der Waals surface area (Å²) in [6.07, 6.45) is 3.34. The van der Waals surface area contributed by atoms with Gasteiger partial charge in [-0.1, -0.05) is 47.4 Å². The van der Waals surface area contributed by atoms with Gasteiger partial charge in [-0.3, -0.25) is 0 Å². The summed E-state index contributed by atoms with van der Waals surface area (Å²) in [4.78, 5) is 26.5. The number of rotatable bonds is 8. The second kappa shape index (κ2) is 10.4. The first-order chi connectivity index (χ1) is 14.5. The normalized spacial score (nSPS) is 10.8. The Hall–Kier alpha value is -2.65. The van der Waals surface area contributed by atoms with Crippen LogP contribution in [0.4, 0.5) is 9.93 Å². The smallest absolute Gasteiger partial charge is 0.407 e. The van der Waals surface area contributed by atoms with Crippen molar-refractivity contribution < 1.29 is 9.53 Å². The lowest BCUT2D eigenvalue weighted by Gasteiger charge is -2.12. The van der Waals surface area contributed by atoms with Gasteiger partial charge in [0.25, 0.3) is 0 Å². The molecule has 9 heteroatoms. The number of nitrogens with zero attached hydrogens (tertiary/aromatic N) is 3. The van der Waals surface area contributed by atoms with Gasteiger partial charge in [0.05, 0.1) is 16.3 Å². The fraction of sp³-hybridized carbons (Fsp3) is 0.333. The lowest BCUT2D eigenvalue weighted by Crippen LogP contribution is -2.23. The fourth-order valence-electron chi connectivity index (χ4n) is 2.72. The molecular weight excluding hydrogens is 418 g/mol. The average Bonchev–Trinajstić information content (AvgIpc) is 3.20. The number of aromatic nitrogens is 3. The van der Waals surface area contributed by atoms with E-state index in [2.05, 4.69) is 34.4 Å². The van der Waals surface area contributed by atoms with Crippen molar-refractivity contribution in [3.05, 3.63) is 42.1 Å². The largest absolute Gasteiger partial charge is 0.445 e. The zero-order chi connectivity index (χ0) is 21.5. The van der Waals surface area contributed by atoms with Crippen molar-refractivity contribution >= 4 is 34.3 Å². The lowest BCUT2D eigenvalue weighted by molar-refractivity contribution is 0.140. The summed E-state index contributed by atoms with van der Waals surface area (Å²) in [5, 5.41) is 7.50. The molecule has 0 aliphatic rings. The Morgan fingerprint density at radius 1 is 1.23 bits per heavy atom. The number of hydrogen-bond donors (Lipinski definition) is 2. The zero-order valence-electron chi connectivity index (χ0n) is 17.4. The highest BCUT2D eigenvalue weighted by atomic mass is 32.2. The predicted molar refractivity (Wildman–Crippen MR) is 123 cm³/mol. The van der Waals surface area contributed by atoms with E-state index in [9.17, 15) is 4.79 Å². The minimum Gasteiger partial charge on any atom is -0.445 e. The number of benzene rings is 1. The number of amides is 1. The Bertz CT molecular complexity index is 1010. The second-order valence-corrected chi connectivity index (χ2v) is 8.52. The molecule has 0 bridgehead atoms. The van der Waals surface area contributed by atoms with Crippen molar-refractivity contribution in [2.45, 2.75) is 38.6 Å². The summed E-state index contributed by atoms with van der Waals surface area (Å²) in [5.41, 5.74) is 3.39. The van der Waals surface area contributed by atoms with Crippen molar-refractivity contribution in [3.63, 3.8) is 0 Å². The summed E-state index contributed by atoms with van der Waals surface area (Å²) in [6.45, 7) is 6.70. The quantitative estimate of drug-likeness (QED) is 0.372. The number of thiazole rings is 1. The third-order valence-electron chi connectivity index (χ3n) is 4.03. The van der Waals surface area contributed by atoms with Crippen LogP contribution in [-0.4, -0.2) is 39.9 Å². The number of anilines is 1. The Labute approximate surface area is 184 Å². The molecular formula is C21H25N5O2S2. The Kier molecular flexibility index (Phi) is 7.64. The number of alkyl carbamates (subject to hydrolysis) is 1. The van der Waals surface area contributed by atoms with Gasteiger partial charge in [-0.25, -0.2) is 19.7 Å². The molecule has 0 atom stereocenters. The summed E-state index contributed by atoms with van der Waals surface area (Å²) in [7, 11) is 0. The Morgan fingerprint density at radius 2 is 2.00 bits per heavy atom. The maximum absolute atomic E-state index is 11.7. The maximum atomic E-state index is 11.7. The third-order valence-corrected chi connectivity index (χ3v) is 5.53. The third kappa shape index (κ3) is 5.70. The van der Waals surface area contributed by atoms with E-state index >= 15 is 0 Å². The summed E-state index contributed by atoms with van der Waals surface area (Å²) < 4.78 is 5.33. The van der Waals surface area contributed by atoms with Crippen LogP contribution < -0.4 is 10.6 Å². The van der Waals surface area contributed by atoms with Gasteiger partial charge in [0.15, 0.2) is 10.3 Å². The van der Waals surface area contributed by atoms with Crippen LogP contribution in [0.3, 0.4) is 0 Å². The van der Waals surface area contributed by atoms with E-state index in [1.54, 1.807) is 11.3 Å². The first-order valence-electron chi connectivity index (χ1n) is 9.64. The monoisotopic (exact) mass is 443 g/mol. The molecule has 2 aromatic heterocycles. The SMILES string of the molecule is CCNC(=O)OCc1ccccc1-c1cc(-c2cnc(NC(C)C)s2)nc(SC)n1. The first-order valence-corrected chi connectivity index (χ1v) is 11.7. The number of carbonyl (C=O) groups excluding carboxylic acids is 1. The maximum Gasteiger partial charge on any atom is 0.407 e. The van der Waals surface area contributed by atoms with Gasteiger partial charge < -0.3 is 15.4 Å². The highest BCUT2D eigenvalue weighted by molar-refractivity contribution is 7.98. The number of ether oxygens (including phenoxy) is 1. The minimum atomic E-state index is -0.435. The van der Waals surface area contributed by atoms with Crippen LogP contribution >= 0.6 is 23.1 Å². The van der Waals surface area contributed by atoms with Gasteiger partial charge in [-0.05, 0) is 38.7 Å². The Morgan fingerprint density at radius 3 is 2.73 bits per heavy atom. The lowest BCUT2D eigenvalue weighted by atomic mass is 10.0. The molecule has 0 radical (unpaired) electrons. The van der Waals surface area contributed by atoms with E-state index in [-0.39, 0.29) is 6.61 Å². The fourth-order valence-corrected chi connectivity index (χ4v) is 4.02. The molecule has 2 heterocycles. The molecule has 3 rings (SSSR count).